The number of hydrogen-bond donors (Lipinski definition) is 2. The number of unbranched alkanes of at least 4 members (excludes halogenated alkanes) is 3. The molecule has 0 saturated heterocycles. The van der Waals surface area contributed by atoms with Crippen molar-refractivity contribution in [3.63, 3.8) is 0 Å². The van der Waals surface area contributed by atoms with E-state index in [1.54, 1.807) is 6.92 Å². The molecule has 4 heteroatoms. The molecule has 0 aromatic heterocycles. The number of rotatable bonds is 7. The van der Waals surface area contributed by atoms with Gasteiger partial charge in [0.1, 0.15) is 0 Å². The number of hydrogen-bond acceptors (Lipinski definition) is 3. The van der Waals surface area contributed by atoms with Crippen molar-refractivity contribution in [1.29, 1.82) is 0 Å². The van der Waals surface area contributed by atoms with Gasteiger partial charge in [0.05, 0.1) is 0 Å². The molecule has 0 aliphatic carbocycles. The first kappa shape index (κ1) is 12.3. The Kier molecular flexibility index (Phi) is 6.96. The predicted molar refractivity (Wildman–Crippen MR) is 53.4 cm³/mol. The van der Waals surface area contributed by atoms with E-state index in [1.165, 1.54) is 6.42 Å². The zero-order valence-electron chi connectivity index (χ0n) is 8.05. The first-order valence-corrected chi connectivity index (χ1v) is 6.72. The monoisotopic (exact) mass is 196 g/mol. The van der Waals surface area contributed by atoms with Gasteiger partial charge >= 0.3 is 74.6 Å². The zero-order chi connectivity index (χ0) is 9.45. The molecule has 0 aromatic rings. The Morgan fingerprint density at radius 3 is 2.25 bits per heavy atom. The van der Waals surface area contributed by atoms with Gasteiger partial charge in [-0.1, -0.05) is 0 Å². The average Bonchev–Trinajstić information content (AvgIpc) is 1.98. The summed E-state index contributed by atoms with van der Waals surface area (Å²) in [6.45, 7) is 4.30. The fraction of sp³-hybridized carbons (Fsp3) is 1.00. The quantitative estimate of drug-likeness (QED) is 0.484. The maximum atomic E-state index is 9.29. The van der Waals surface area contributed by atoms with E-state index in [2.05, 4.69) is 6.92 Å². The van der Waals surface area contributed by atoms with Crippen molar-refractivity contribution in [1.82, 2.24) is 0 Å². The summed E-state index contributed by atoms with van der Waals surface area (Å²) in [6.07, 6.45) is 4.71. The van der Waals surface area contributed by atoms with Gasteiger partial charge in [-0.15, -0.1) is 0 Å². The van der Waals surface area contributed by atoms with Crippen LogP contribution >= 0.6 is 7.94 Å². The fourth-order valence-electron chi connectivity index (χ4n) is 1.09. The summed E-state index contributed by atoms with van der Waals surface area (Å²) >= 11 is 0. The average molecular weight is 196 g/mol. The molecule has 0 spiro atoms. The van der Waals surface area contributed by atoms with Crippen LogP contribution in [-0.4, -0.2) is 22.6 Å². The van der Waals surface area contributed by atoms with E-state index in [0.717, 1.165) is 19.3 Å². The Morgan fingerprint density at radius 1 is 1.08 bits per heavy atom. The molecule has 0 amide bonds. The van der Waals surface area contributed by atoms with Crippen LogP contribution in [0.5, 0.6) is 0 Å². The van der Waals surface area contributed by atoms with Crippen LogP contribution in [0.15, 0.2) is 0 Å². The van der Waals surface area contributed by atoms with Gasteiger partial charge in [-0.05, 0) is 0 Å². The molecule has 0 saturated carbocycles. The van der Waals surface area contributed by atoms with Crippen molar-refractivity contribution in [2.45, 2.75) is 39.5 Å². The molecule has 0 atom stereocenters. The van der Waals surface area contributed by atoms with Gasteiger partial charge in [0.15, 0.2) is 0 Å². The molecule has 2 N–H and O–H groups in total. The molecule has 0 aliphatic rings. The van der Waals surface area contributed by atoms with Gasteiger partial charge in [-0.2, -0.15) is 0 Å². The van der Waals surface area contributed by atoms with Crippen LogP contribution in [0, 0.1) is 0 Å². The van der Waals surface area contributed by atoms with E-state index in [9.17, 15) is 9.79 Å². The van der Waals surface area contributed by atoms with E-state index < -0.39 is 7.94 Å². The second kappa shape index (κ2) is 6.79. The van der Waals surface area contributed by atoms with Gasteiger partial charge in [0, 0.05) is 0 Å². The van der Waals surface area contributed by atoms with Crippen LogP contribution in [0.3, 0.4) is 0 Å². The van der Waals surface area contributed by atoms with Crippen LogP contribution in [0.1, 0.15) is 39.5 Å². The molecule has 0 bridgehead atoms. The third-order valence-corrected chi connectivity index (χ3v) is 3.49. The minimum atomic E-state index is -3.25. The summed E-state index contributed by atoms with van der Waals surface area (Å²) in [6, 6.07) is 0. The maximum absolute atomic E-state index is 9.29. The van der Waals surface area contributed by atoms with E-state index in [4.69, 9.17) is 4.52 Å². The third-order valence-electron chi connectivity index (χ3n) is 1.73. The van der Waals surface area contributed by atoms with E-state index in [-0.39, 0.29) is 0 Å². The first-order chi connectivity index (χ1) is 5.62. The van der Waals surface area contributed by atoms with E-state index >= 15 is 0 Å². The summed E-state index contributed by atoms with van der Waals surface area (Å²) in [7, 11) is -3.25. The standard InChI is InChI=1S/C8H21O3P/c1-3-5-6-7-8-12(9,10)11-4-2/h9-10,12H,3-8H2,1-2H3. The molecule has 0 aliphatic heterocycles. The van der Waals surface area contributed by atoms with Crippen molar-refractivity contribution in [3.05, 3.63) is 0 Å². The summed E-state index contributed by atoms with van der Waals surface area (Å²) in [5.41, 5.74) is 0. The van der Waals surface area contributed by atoms with Gasteiger partial charge in [-0.25, -0.2) is 0 Å². The van der Waals surface area contributed by atoms with Crippen LogP contribution in [0.25, 0.3) is 0 Å². The van der Waals surface area contributed by atoms with Crippen molar-refractivity contribution >= 4 is 7.94 Å². The molecule has 12 heavy (non-hydrogen) atoms. The molecule has 0 unspecified atom stereocenters. The van der Waals surface area contributed by atoms with Crippen LogP contribution in [0.4, 0.5) is 0 Å². The molecule has 3 nitrogen and oxygen atoms in total. The second-order valence-corrected chi connectivity index (χ2v) is 5.26. The van der Waals surface area contributed by atoms with Crippen molar-refractivity contribution in [3.8, 4) is 0 Å². The minimum absolute atomic E-state index is 0.396. The SMILES string of the molecule is CCCCCC[PH](O)(O)OCC. The predicted octanol–water partition coefficient (Wildman–Crippen LogP) is 2.08. The third kappa shape index (κ3) is 6.99. The summed E-state index contributed by atoms with van der Waals surface area (Å²) < 4.78 is 4.86. The zero-order valence-corrected chi connectivity index (χ0v) is 9.05. The Labute approximate surface area is 75.3 Å². The van der Waals surface area contributed by atoms with Crippen LogP contribution in [-0.2, 0) is 4.52 Å². The van der Waals surface area contributed by atoms with Crippen molar-refractivity contribution in [2.75, 3.05) is 12.8 Å². The summed E-state index contributed by atoms with van der Waals surface area (Å²) in [4.78, 5) is 18.6. The Morgan fingerprint density at radius 2 is 1.75 bits per heavy atom. The first-order valence-electron chi connectivity index (χ1n) is 4.71. The fourth-order valence-corrected chi connectivity index (χ4v) is 2.40. The Hall–Kier alpha value is 0.310. The van der Waals surface area contributed by atoms with Gasteiger partial charge in [0.25, 0.3) is 0 Å². The van der Waals surface area contributed by atoms with Crippen LogP contribution < -0.4 is 0 Å². The van der Waals surface area contributed by atoms with E-state index in [1.807, 2.05) is 0 Å². The molecule has 0 aromatic carbocycles. The topological polar surface area (TPSA) is 49.7 Å². The normalized spacial score (nSPS) is 13.3. The second-order valence-electron chi connectivity index (χ2n) is 2.99. The molecular formula is C8H21O3P. The Bertz CT molecular complexity index is 106. The molecule has 0 rings (SSSR count). The Balaban J connectivity index is 3.33. The van der Waals surface area contributed by atoms with Crippen LogP contribution in [0.2, 0.25) is 0 Å². The molecule has 0 radical (unpaired) electrons. The van der Waals surface area contributed by atoms with Gasteiger partial charge in [0.2, 0.25) is 0 Å². The molecular weight excluding hydrogens is 175 g/mol. The van der Waals surface area contributed by atoms with E-state index in [0.29, 0.717) is 12.8 Å². The molecule has 76 valence electrons. The van der Waals surface area contributed by atoms with Gasteiger partial charge < -0.3 is 0 Å². The van der Waals surface area contributed by atoms with Crippen molar-refractivity contribution < 1.29 is 14.3 Å². The van der Waals surface area contributed by atoms with Gasteiger partial charge in [-0.3, -0.25) is 0 Å². The van der Waals surface area contributed by atoms with Crippen molar-refractivity contribution in [2.24, 2.45) is 0 Å². The summed E-state index contributed by atoms with van der Waals surface area (Å²) in [5, 5.41) is 0. The summed E-state index contributed by atoms with van der Waals surface area (Å²) in [5.74, 6) is 0. The molecule has 0 fully saturated rings. The molecule has 0 heterocycles.